The number of aromatic nitrogens is 2. The van der Waals surface area contributed by atoms with Crippen LogP contribution in [0.25, 0.3) is 4.96 Å². The Bertz CT molecular complexity index is 895. The van der Waals surface area contributed by atoms with Crippen LogP contribution in [0.5, 0.6) is 0 Å². The van der Waals surface area contributed by atoms with Gasteiger partial charge < -0.3 is 15.2 Å². The van der Waals surface area contributed by atoms with E-state index < -0.39 is 22.9 Å². The van der Waals surface area contributed by atoms with Crippen LogP contribution < -0.4 is 10.9 Å². The maximum atomic E-state index is 12.6. The number of thiazole rings is 1. The summed E-state index contributed by atoms with van der Waals surface area (Å²) in [6.45, 7) is 4.31. The number of nitrogens with zero attached hydrogens (tertiary/aromatic N) is 2. The van der Waals surface area contributed by atoms with Crippen molar-refractivity contribution < 1.29 is 19.4 Å². The van der Waals surface area contributed by atoms with Crippen LogP contribution in [0, 0.1) is 19.3 Å². The SMILES string of the molecule is Cc1sc2ncc(C(=O)NCC3(C(=O)O)CCOCC3)c(=O)n2c1C. The van der Waals surface area contributed by atoms with Gasteiger partial charge in [0.15, 0.2) is 4.96 Å². The highest BCUT2D eigenvalue weighted by Gasteiger charge is 2.40. The molecule has 1 aliphatic heterocycles. The van der Waals surface area contributed by atoms with Crippen molar-refractivity contribution in [3.8, 4) is 0 Å². The molecule has 1 fully saturated rings. The van der Waals surface area contributed by atoms with Crippen LogP contribution >= 0.6 is 11.3 Å². The fourth-order valence-corrected chi connectivity index (χ4v) is 3.83. The van der Waals surface area contributed by atoms with E-state index in [1.54, 1.807) is 6.92 Å². The lowest BCUT2D eigenvalue weighted by Crippen LogP contribution is -2.47. The zero-order chi connectivity index (χ0) is 18.2. The lowest BCUT2D eigenvalue weighted by atomic mass is 9.80. The predicted octanol–water partition coefficient (Wildman–Crippen LogP) is 0.984. The molecule has 3 rings (SSSR count). The van der Waals surface area contributed by atoms with Gasteiger partial charge in [-0.05, 0) is 26.7 Å². The maximum Gasteiger partial charge on any atom is 0.311 e. The Morgan fingerprint density at radius 1 is 1.40 bits per heavy atom. The first kappa shape index (κ1) is 17.6. The second-order valence-electron chi connectivity index (χ2n) is 6.22. The third kappa shape index (κ3) is 3.05. The molecular formula is C16H19N3O5S. The first-order valence-electron chi connectivity index (χ1n) is 7.93. The van der Waals surface area contributed by atoms with Crippen molar-refractivity contribution in [2.75, 3.05) is 19.8 Å². The summed E-state index contributed by atoms with van der Waals surface area (Å²) in [5, 5.41) is 12.1. The number of hydrogen-bond donors (Lipinski definition) is 2. The van der Waals surface area contributed by atoms with Gasteiger partial charge in [-0.1, -0.05) is 0 Å². The van der Waals surface area contributed by atoms with Gasteiger partial charge in [-0.25, -0.2) is 4.98 Å². The van der Waals surface area contributed by atoms with E-state index in [0.29, 0.717) is 31.0 Å². The van der Waals surface area contributed by atoms with Gasteiger partial charge >= 0.3 is 5.97 Å². The number of ether oxygens (including phenoxy) is 1. The van der Waals surface area contributed by atoms with Crippen LogP contribution in [0.3, 0.4) is 0 Å². The summed E-state index contributed by atoms with van der Waals surface area (Å²) >= 11 is 1.38. The molecule has 0 aromatic carbocycles. The van der Waals surface area contributed by atoms with Crippen molar-refractivity contribution in [1.82, 2.24) is 14.7 Å². The van der Waals surface area contributed by atoms with E-state index in [1.165, 1.54) is 21.9 Å². The molecule has 1 saturated heterocycles. The van der Waals surface area contributed by atoms with Crippen molar-refractivity contribution in [3.63, 3.8) is 0 Å². The molecule has 1 aliphatic rings. The number of amides is 1. The molecule has 8 nitrogen and oxygen atoms in total. The zero-order valence-corrected chi connectivity index (χ0v) is 14.8. The van der Waals surface area contributed by atoms with Crippen LogP contribution in [0.15, 0.2) is 11.0 Å². The van der Waals surface area contributed by atoms with Gasteiger partial charge in [0.25, 0.3) is 11.5 Å². The molecule has 25 heavy (non-hydrogen) atoms. The molecule has 9 heteroatoms. The fourth-order valence-electron chi connectivity index (χ4n) is 2.90. The van der Waals surface area contributed by atoms with E-state index >= 15 is 0 Å². The van der Waals surface area contributed by atoms with Gasteiger partial charge in [0, 0.05) is 36.5 Å². The monoisotopic (exact) mass is 365 g/mol. The van der Waals surface area contributed by atoms with E-state index in [0.717, 1.165) is 10.6 Å². The molecule has 2 aromatic rings. The minimum Gasteiger partial charge on any atom is -0.481 e. The summed E-state index contributed by atoms with van der Waals surface area (Å²) in [5.41, 5.74) is -0.846. The zero-order valence-electron chi connectivity index (χ0n) is 14.0. The van der Waals surface area contributed by atoms with E-state index in [1.807, 2.05) is 6.92 Å². The van der Waals surface area contributed by atoms with Crippen molar-refractivity contribution in [1.29, 1.82) is 0 Å². The van der Waals surface area contributed by atoms with Crippen LogP contribution in [0.4, 0.5) is 0 Å². The van der Waals surface area contributed by atoms with Crippen LogP contribution in [0.1, 0.15) is 33.8 Å². The number of aliphatic carboxylic acids is 1. The van der Waals surface area contributed by atoms with Crippen molar-refractivity contribution in [2.24, 2.45) is 5.41 Å². The van der Waals surface area contributed by atoms with Gasteiger partial charge in [-0.3, -0.25) is 18.8 Å². The molecule has 0 saturated carbocycles. The van der Waals surface area contributed by atoms with E-state index in [4.69, 9.17) is 4.74 Å². The molecule has 0 atom stereocenters. The first-order chi connectivity index (χ1) is 11.9. The molecule has 134 valence electrons. The van der Waals surface area contributed by atoms with Crippen LogP contribution in [0.2, 0.25) is 0 Å². The van der Waals surface area contributed by atoms with E-state index in [9.17, 15) is 19.5 Å². The summed E-state index contributed by atoms with van der Waals surface area (Å²) in [6, 6.07) is 0. The quantitative estimate of drug-likeness (QED) is 0.836. The average molecular weight is 365 g/mol. The third-order valence-corrected chi connectivity index (χ3v) is 5.83. The summed E-state index contributed by atoms with van der Waals surface area (Å²) in [5.74, 6) is -1.58. The summed E-state index contributed by atoms with van der Waals surface area (Å²) in [7, 11) is 0. The Kier molecular flexibility index (Phi) is 4.61. The highest BCUT2D eigenvalue weighted by molar-refractivity contribution is 7.17. The Morgan fingerprint density at radius 2 is 2.08 bits per heavy atom. The minimum absolute atomic E-state index is 0.0473. The van der Waals surface area contributed by atoms with Gasteiger partial charge in [0.1, 0.15) is 5.56 Å². The summed E-state index contributed by atoms with van der Waals surface area (Å²) < 4.78 is 6.62. The minimum atomic E-state index is -1.06. The number of hydrogen-bond acceptors (Lipinski definition) is 6. The molecule has 2 N–H and O–H groups in total. The lowest BCUT2D eigenvalue weighted by Gasteiger charge is -2.33. The number of rotatable bonds is 4. The van der Waals surface area contributed by atoms with Gasteiger partial charge in [0.2, 0.25) is 0 Å². The molecular weight excluding hydrogens is 346 g/mol. The number of carbonyl (C=O) groups is 2. The maximum absolute atomic E-state index is 12.6. The van der Waals surface area contributed by atoms with Gasteiger partial charge in [0.05, 0.1) is 5.41 Å². The van der Waals surface area contributed by atoms with Crippen molar-refractivity contribution >= 4 is 28.2 Å². The molecule has 3 heterocycles. The topological polar surface area (TPSA) is 110 Å². The number of carboxylic acids is 1. The van der Waals surface area contributed by atoms with Crippen LogP contribution in [-0.4, -0.2) is 46.1 Å². The number of nitrogens with one attached hydrogen (secondary N) is 1. The van der Waals surface area contributed by atoms with Gasteiger partial charge in [-0.15, -0.1) is 11.3 Å². The second kappa shape index (κ2) is 6.57. The fraction of sp³-hybridized carbons (Fsp3) is 0.500. The van der Waals surface area contributed by atoms with Crippen LogP contribution in [-0.2, 0) is 9.53 Å². The second-order valence-corrected chi connectivity index (χ2v) is 7.40. The number of fused-ring (bicyclic) bond motifs is 1. The Morgan fingerprint density at radius 3 is 2.72 bits per heavy atom. The first-order valence-corrected chi connectivity index (χ1v) is 8.74. The normalized spacial score (nSPS) is 16.7. The molecule has 1 amide bonds. The highest BCUT2D eigenvalue weighted by Crippen LogP contribution is 2.30. The standard InChI is InChI=1S/C16H19N3O5S/c1-9-10(2)25-15-17-7-11(13(21)19(9)15)12(20)18-8-16(14(22)23)3-5-24-6-4-16/h7H,3-6,8H2,1-2H3,(H,18,20)(H,22,23). The molecule has 2 aromatic heterocycles. The van der Waals surface area contributed by atoms with Crippen molar-refractivity contribution in [3.05, 3.63) is 32.7 Å². The number of carbonyl (C=O) groups excluding carboxylic acids is 1. The number of aryl methyl sites for hydroxylation is 2. The average Bonchev–Trinajstić information content (AvgIpc) is 2.89. The smallest absolute Gasteiger partial charge is 0.311 e. The lowest BCUT2D eigenvalue weighted by molar-refractivity contribution is -0.154. The molecule has 0 radical (unpaired) electrons. The van der Waals surface area contributed by atoms with E-state index in [-0.39, 0.29) is 12.1 Å². The molecule has 0 unspecified atom stereocenters. The largest absolute Gasteiger partial charge is 0.481 e. The molecule has 0 aliphatic carbocycles. The molecule has 0 bridgehead atoms. The molecule has 0 spiro atoms. The van der Waals surface area contributed by atoms with E-state index in [2.05, 4.69) is 10.3 Å². The number of carboxylic acid groups (broad SMARTS) is 1. The third-order valence-electron chi connectivity index (χ3n) is 4.75. The predicted molar refractivity (Wildman–Crippen MR) is 91.3 cm³/mol. The van der Waals surface area contributed by atoms with Crippen molar-refractivity contribution in [2.45, 2.75) is 26.7 Å². The Balaban J connectivity index is 1.85. The Labute approximate surface area is 147 Å². The summed E-state index contributed by atoms with van der Waals surface area (Å²) in [4.78, 5) is 42.3. The Hall–Kier alpha value is -2.26. The highest BCUT2D eigenvalue weighted by atomic mass is 32.1. The summed E-state index contributed by atoms with van der Waals surface area (Å²) in [6.07, 6.45) is 1.89. The van der Waals surface area contributed by atoms with Gasteiger partial charge in [-0.2, -0.15) is 0 Å².